The van der Waals surface area contributed by atoms with Crippen LogP contribution >= 0.6 is 0 Å². The molecule has 1 aromatic heterocycles. The Morgan fingerprint density at radius 2 is 2.11 bits per heavy atom. The topological polar surface area (TPSA) is 28.2 Å². The smallest absolute Gasteiger partial charge is 0.126 e. The van der Waals surface area contributed by atoms with E-state index >= 15 is 0 Å². The molecule has 3 heteroatoms. The molecular formula is C16H25N3. The molecule has 0 saturated carbocycles. The summed E-state index contributed by atoms with van der Waals surface area (Å²) in [6.45, 7) is 7.07. The maximum atomic E-state index is 4.75. The lowest BCUT2D eigenvalue weighted by Crippen LogP contribution is -2.35. The summed E-state index contributed by atoms with van der Waals surface area (Å²) in [5.41, 5.74) is 2.78. The van der Waals surface area contributed by atoms with Gasteiger partial charge >= 0.3 is 0 Å². The van der Waals surface area contributed by atoms with Crippen LogP contribution in [0, 0.1) is 5.92 Å². The van der Waals surface area contributed by atoms with Crippen molar-refractivity contribution in [1.29, 1.82) is 0 Å². The number of aryl methyl sites for hydroxylation is 2. The van der Waals surface area contributed by atoms with Gasteiger partial charge in [-0.3, -0.25) is 0 Å². The van der Waals surface area contributed by atoms with Gasteiger partial charge in [0, 0.05) is 12.2 Å². The molecule has 1 aromatic rings. The molecule has 0 radical (unpaired) electrons. The standard InChI is InChI=1S/C16H25N3/c1-2-19-10-8-13(9-11-19)12-17-16-7-6-14-4-3-5-15(14)18-16/h6-7,13H,2-5,8-12H2,1H3,(H,17,18). The molecule has 104 valence electrons. The van der Waals surface area contributed by atoms with Gasteiger partial charge in [-0.25, -0.2) is 4.98 Å². The zero-order chi connectivity index (χ0) is 13.1. The molecule has 1 fully saturated rings. The Labute approximate surface area is 116 Å². The summed E-state index contributed by atoms with van der Waals surface area (Å²) in [5, 5.41) is 3.55. The molecule has 1 aliphatic heterocycles. The summed E-state index contributed by atoms with van der Waals surface area (Å²) in [6.07, 6.45) is 6.32. The predicted molar refractivity (Wildman–Crippen MR) is 79.6 cm³/mol. The Hall–Kier alpha value is -1.09. The van der Waals surface area contributed by atoms with E-state index in [9.17, 15) is 0 Å². The third-order valence-electron chi connectivity index (χ3n) is 4.65. The monoisotopic (exact) mass is 259 g/mol. The summed E-state index contributed by atoms with van der Waals surface area (Å²) in [7, 11) is 0. The number of piperidine rings is 1. The molecule has 2 heterocycles. The summed E-state index contributed by atoms with van der Waals surface area (Å²) >= 11 is 0. The Bertz CT molecular complexity index is 422. The highest BCUT2D eigenvalue weighted by molar-refractivity contribution is 5.40. The number of hydrogen-bond acceptors (Lipinski definition) is 3. The van der Waals surface area contributed by atoms with Crippen molar-refractivity contribution in [2.45, 2.75) is 39.0 Å². The van der Waals surface area contributed by atoms with E-state index in [0.717, 1.165) is 18.3 Å². The number of anilines is 1. The number of likely N-dealkylation sites (tertiary alicyclic amines) is 1. The lowest BCUT2D eigenvalue weighted by Gasteiger charge is -2.31. The van der Waals surface area contributed by atoms with Crippen molar-refractivity contribution in [3.8, 4) is 0 Å². The third kappa shape index (κ3) is 3.08. The van der Waals surface area contributed by atoms with Crippen LogP contribution in [-0.2, 0) is 12.8 Å². The Balaban J connectivity index is 1.50. The van der Waals surface area contributed by atoms with Crippen molar-refractivity contribution in [2.75, 3.05) is 31.5 Å². The highest BCUT2D eigenvalue weighted by atomic mass is 15.1. The lowest BCUT2D eigenvalue weighted by molar-refractivity contribution is 0.198. The van der Waals surface area contributed by atoms with Gasteiger partial charge in [0.25, 0.3) is 0 Å². The van der Waals surface area contributed by atoms with Gasteiger partial charge in [0.05, 0.1) is 0 Å². The summed E-state index contributed by atoms with van der Waals surface area (Å²) in [6, 6.07) is 4.42. The first-order valence-electron chi connectivity index (χ1n) is 7.80. The molecule has 1 aliphatic carbocycles. The summed E-state index contributed by atoms with van der Waals surface area (Å²) in [4.78, 5) is 7.29. The van der Waals surface area contributed by atoms with E-state index in [2.05, 4.69) is 29.3 Å². The van der Waals surface area contributed by atoms with Crippen molar-refractivity contribution in [3.05, 3.63) is 23.4 Å². The van der Waals surface area contributed by atoms with Gasteiger partial charge in [-0.15, -0.1) is 0 Å². The fourth-order valence-electron chi connectivity index (χ4n) is 3.27. The molecule has 0 bridgehead atoms. The molecule has 3 nitrogen and oxygen atoms in total. The Morgan fingerprint density at radius 3 is 2.89 bits per heavy atom. The van der Waals surface area contributed by atoms with E-state index in [0.29, 0.717) is 0 Å². The zero-order valence-corrected chi connectivity index (χ0v) is 12.0. The van der Waals surface area contributed by atoms with Crippen molar-refractivity contribution in [2.24, 2.45) is 5.92 Å². The molecule has 3 rings (SSSR count). The fourth-order valence-corrected chi connectivity index (χ4v) is 3.27. The molecule has 19 heavy (non-hydrogen) atoms. The molecule has 2 aliphatic rings. The Morgan fingerprint density at radius 1 is 1.26 bits per heavy atom. The second-order valence-corrected chi connectivity index (χ2v) is 5.91. The van der Waals surface area contributed by atoms with Crippen LogP contribution in [0.1, 0.15) is 37.4 Å². The minimum Gasteiger partial charge on any atom is -0.370 e. The molecule has 1 saturated heterocycles. The van der Waals surface area contributed by atoms with Crippen LogP contribution in [0.25, 0.3) is 0 Å². The highest BCUT2D eigenvalue weighted by Crippen LogP contribution is 2.22. The summed E-state index contributed by atoms with van der Waals surface area (Å²) in [5.74, 6) is 1.90. The van der Waals surface area contributed by atoms with Crippen molar-refractivity contribution >= 4 is 5.82 Å². The van der Waals surface area contributed by atoms with Gasteiger partial charge in [-0.2, -0.15) is 0 Å². The maximum Gasteiger partial charge on any atom is 0.126 e. The van der Waals surface area contributed by atoms with E-state index in [-0.39, 0.29) is 0 Å². The van der Waals surface area contributed by atoms with Crippen molar-refractivity contribution in [3.63, 3.8) is 0 Å². The first-order chi connectivity index (χ1) is 9.35. The van der Waals surface area contributed by atoms with E-state index in [1.165, 1.54) is 63.0 Å². The average molecular weight is 259 g/mol. The largest absolute Gasteiger partial charge is 0.370 e. The van der Waals surface area contributed by atoms with Gasteiger partial charge in [0.1, 0.15) is 5.82 Å². The average Bonchev–Trinajstić information content (AvgIpc) is 2.93. The molecule has 0 aromatic carbocycles. The minimum atomic E-state index is 0.817. The molecule has 0 atom stereocenters. The second-order valence-electron chi connectivity index (χ2n) is 5.91. The minimum absolute atomic E-state index is 0.817. The van der Waals surface area contributed by atoms with Crippen LogP contribution in [-0.4, -0.2) is 36.1 Å². The van der Waals surface area contributed by atoms with Crippen LogP contribution in [0.15, 0.2) is 12.1 Å². The molecule has 0 amide bonds. The number of rotatable bonds is 4. The predicted octanol–water partition coefficient (Wildman–Crippen LogP) is 2.71. The number of hydrogen-bond donors (Lipinski definition) is 1. The normalized spacial score (nSPS) is 20.5. The Kier molecular flexibility index (Phi) is 4.02. The first kappa shape index (κ1) is 12.9. The van der Waals surface area contributed by atoms with Crippen LogP contribution in [0.4, 0.5) is 5.82 Å². The third-order valence-corrected chi connectivity index (χ3v) is 4.65. The van der Waals surface area contributed by atoms with Gasteiger partial charge in [0.2, 0.25) is 0 Å². The van der Waals surface area contributed by atoms with E-state index in [1.54, 1.807) is 0 Å². The zero-order valence-electron chi connectivity index (χ0n) is 12.0. The van der Waals surface area contributed by atoms with Gasteiger partial charge in [-0.05, 0) is 69.3 Å². The van der Waals surface area contributed by atoms with E-state index < -0.39 is 0 Å². The second kappa shape index (κ2) is 5.91. The number of nitrogens with zero attached hydrogens (tertiary/aromatic N) is 2. The molecule has 0 spiro atoms. The number of pyridine rings is 1. The van der Waals surface area contributed by atoms with Gasteiger partial charge in [-0.1, -0.05) is 13.0 Å². The number of aromatic nitrogens is 1. The van der Waals surface area contributed by atoms with Crippen LogP contribution < -0.4 is 5.32 Å². The molecule has 1 N–H and O–H groups in total. The molecular weight excluding hydrogens is 234 g/mol. The quantitative estimate of drug-likeness (QED) is 0.901. The van der Waals surface area contributed by atoms with E-state index in [1.807, 2.05) is 0 Å². The summed E-state index contributed by atoms with van der Waals surface area (Å²) < 4.78 is 0. The number of nitrogens with one attached hydrogen (secondary N) is 1. The fraction of sp³-hybridized carbons (Fsp3) is 0.688. The SMILES string of the molecule is CCN1CCC(CNc2ccc3c(n2)CCC3)CC1. The maximum absolute atomic E-state index is 4.75. The van der Waals surface area contributed by atoms with Crippen LogP contribution in [0.2, 0.25) is 0 Å². The first-order valence-corrected chi connectivity index (χ1v) is 7.80. The van der Waals surface area contributed by atoms with Crippen LogP contribution in [0.5, 0.6) is 0 Å². The van der Waals surface area contributed by atoms with Crippen molar-refractivity contribution in [1.82, 2.24) is 9.88 Å². The number of fused-ring (bicyclic) bond motifs is 1. The van der Waals surface area contributed by atoms with Gasteiger partial charge < -0.3 is 10.2 Å². The van der Waals surface area contributed by atoms with Gasteiger partial charge in [0.15, 0.2) is 0 Å². The van der Waals surface area contributed by atoms with Crippen molar-refractivity contribution < 1.29 is 0 Å². The molecule has 0 unspecified atom stereocenters. The highest BCUT2D eigenvalue weighted by Gasteiger charge is 2.18. The van der Waals surface area contributed by atoms with Crippen LogP contribution in [0.3, 0.4) is 0 Å². The van der Waals surface area contributed by atoms with E-state index in [4.69, 9.17) is 4.98 Å². The lowest BCUT2D eigenvalue weighted by atomic mass is 9.97.